The predicted octanol–water partition coefficient (Wildman–Crippen LogP) is 4.11. The van der Waals surface area contributed by atoms with Crippen molar-refractivity contribution in [2.75, 3.05) is 7.11 Å². The summed E-state index contributed by atoms with van der Waals surface area (Å²) >= 11 is 6.95. The molecule has 2 rings (SSSR count). The van der Waals surface area contributed by atoms with E-state index in [9.17, 15) is 4.39 Å². The lowest BCUT2D eigenvalue weighted by Crippen LogP contribution is -2.30. The average Bonchev–Trinajstić information content (AvgIpc) is 2.49. The molecular weight excluding hydrogens is 403 g/mol. The van der Waals surface area contributed by atoms with E-state index in [0.29, 0.717) is 6.42 Å². The summed E-state index contributed by atoms with van der Waals surface area (Å²) < 4.78 is 20.4. The lowest BCUT2D eigenvalue weighted by Gasteiger charge is -2.19. The topological polar surface area (TPSA) is 47.3 Å². The first-order valence-corrected chi connectivity index (χ1v) is 7.87. The molecule has 0 aliphatic rings. The highest BCUT2D eigenvalue weighted by Gasteiger charge is 2.16. The molecule has 0 saturated carbocycles. The van der Waals surface area contributed by atoms with Crippen LogP contribution in [0.2, 0.25) is 0 Å². The quantitative estimate of drug-likeness (QED) is 0.568. The first-order chi connectivity index (χ1) is 10.0. The van der Waals surface area contributed by atoms with E-state index in [1.807, 2.05) is 18.2 Å². The first-order valence-electron chi connectivity index (χ1n) is 6.28. The number of halogens is 3. The monoisotopic (exact) mass is 416 g/mol. The van der Waals surface area contributed by atoms with Crippen LogP contribution < -0.4 is 16.0 Å². The lowest BCUT2D eigenvalue weighted by atomic mass is 9.99. The van der Waals surface area contributed by atoms with Crippen molar-refractivity contribution in [1.82, 2.24) is 5.43 Å². The molecular formula is C15H15Br2FN2O. The zero-order valence-electron chi connectivity index (χ0n) is 11.4. The van der Waals surface area contributed by atoms with Crippen molar-refractivity contribution < 1.29 is 9.13 Å². The van der Waals surface area contributed by atoms with Crippen LogP contribution in [0.15, 0.2) is 45.3 Å². The van der Waals surface area contributed by atoms with Crippen LogP contribution in [0.1, 0.15) is 17.2 Å². The van der Waals surface area contributed by atoms with E-state index in [1.165, 1.54) is 12.1 Å². The molecule has 3 nitrogen and oxygen atoms in total. The Hall–Kier alpha value is -0.950. The molecule has 0 saturated heterocycles. The number of benzene rings is 2. The Morgan fingerprint density at radius 2 is 1.90 bits per heavy atom. The van der Waals surface area contributed by atoms with Crippen molar-refractivity contribution in [3.8, 4) is 5.75 Å². The lowest BCUT2D eigenvalue weighted by molar-refractivity contribution is 0.412. The van der Waals surface area contributed by atoms with Gasteiger partial charge in [0.2, 0.25) is 0 Å². The van der Waals surface area contributed by atoms with Gasteiger partial charge >= 0.3 is 0 Å². The zero-order chi connectivity index (χ0) is 15.4. The molecule has 0 fully saturated rings. The van der Waals surface area contributed by atoms with Crippen molar-refractivity contribution in [3.05, 3.63) is 62.3 Å². The van der Waals surface area contributed by atoms with Gasteiger partial charge in [0.25, 0.3) is 0 Å². The fourth-order valence-electron chi connectivity index (χ4n) is 2.09. The smallest absolute Gasteiger partial charge is 0.123 e. The largest absolute Gasteiger partial charge is 0.497 e. The molecule has 21 heavy (non-hydrogen) atoms. The van der Waals surface area contributed by atoms with Gasteiger partial charge in [0.1, 0.15) is 11.6 Å². The second-order valence-electron chi connectivity index (χ2n) is 4.55. The number of hydrogen-bond donors (Lipinski definition) is 2. The van der Waals surface area contributed by atoms with Crippen LogP contribution >= 0.6 is 31.9 Å². The summed E-state index contributed by atoms with van der Waals surface area (Å²) in [5.74, 6) is 6.15. The van der Waals surface area contributed by atoms with Gasteiger partial charge in [0.05, 0.1) is 13.2 Å². The maximum Gasteiger partial charge on any atom is 0.123 e. The van der Waals surface area contributed by atoms with E-state index in [4.69, 9.17) is 10.6 Å². The molecule has 3 N–H and O–H groups in total. The number of methoxy groups -OCH3 is 1. The molecule has 0 radical (unpaired) electrons. The van der Waals surface area contributed by atoms with Crippen molar-refractivity contribution in [2.24, 2.45) is 5.84 Å². The minimum atomic E-state index is -0.270. The van der Waals surface area contributed by atoms with Gasteiger partial charge in [-0.15, -0.1) is 0 Å². The normalized spacial score (nSPS) is 12.2. The van der Waals surface area contributed by atoms with Crippen molar-refractivity contribution in [1.29, 1.82) is 0 Å². The summed E-state index contributed by atoms with van der Waals surface area (Å²) in [4.78, 5) is 0. The van der Waals surface area contributed by atoms with E-state index >= 15 is 0 Å². The second kappa shape index (κ2) is 7.35. The third-order valence-corrected chi connectivity index (χ3v) is 4.71. The van der Waals surface area contributed by atoms with Gasteiger partial charge in [0.15, 0.2) is 0 Å². The van der Waals surface area contributed by atoms with Crippen molar-refractivity contribution in [3.63, 3.8) is 0 Å². The molecule has 112 valence electrons. The predicted molar refractivity (Wildman–Crippen MR) is 88.6 cm³/mol. The van der Waals surface area contributed by atoms with Crippen LogP contribution in [0.5, 0.6) is 5.75 Å². The molecule has 0 aromatic heterocycles. The third-order valence-electron chi connectivity index (χ3n) is 3.21. The summed E-state index contributed by atoms with van der Waals surface area (Å²) in [6.45, 7) is 0. The average molecular weight is 418 g/mol. The molecule has 0 bridgehead atoms. The van der Waals surface area contributed by atoms with Gasteiger partial charge in [-0.2, -0.15) is 0 Å². The number of nitrogens with one attached hydrogen (secondary N) is 1. The van der Waals surface area contributed by atoms with Gasteiger partial charge in [-0.3, -0.25) is 11.3 Å². The molecule has 0 aliphatic carbocycles. The summed E-state index contributed by atoms with van der Waals surface area (Å²) in [6.07, 6.45) is 0.542. The van der Waals surface area contributed by atoms with Gasteiger partial charge < -0.3 is 4.74 Å². The number of nitrogens with two attached hydrogens (primary N) is 1. The minimum Gasteiger partial charge on any atom is -0.497 e. The fourth-order valence-corrected chi connectivity index (χ4v) is 3.03. The number of rotatable bonds is 5. The van der Waals surface area contributed by atoms with Crippen LogP contribution in [0.25, 0.3) is 0 Å². The van der Waals surface area contributed by atoms with E-state index in [1.54, 1.807) is 13.2 Å². The van der Waals surface area contributed by atoms with Crippen LogP contribution in [-0.4, -0.2) is 7.11 Å². The van der Waals surface area contributed by atoms with Crippen LogP contribution in [0.3, 0.4) is 0 Å². The SMILES string of the molecule is COc1ccc(Br)c(C(Cc2cc(F)ccc2Br)NN)c1. The number of hydrogen-bond acceptors (Lipinski definition) is 3. The molecule has 1 atom stereocenters. The Morgan fingerprint density at radius 3 is 2.57 bits per heavy atom. The number of hydrazine groups is 1. The Morgan fingerprint density at radius 1 is 1.19 bits per heavy atom. The second-order valence-corrected chi connectivity index (χ2v) is 6.26. The Bertz CT molecular complexity index is 637. The zero-order valence-corrected chi connectivity index (χ0v) is 14.5. The summed E-state index contributed by atoms with van der Waals surface area (Å²) in [5, 5.41) is 0. The summed E-state index contributed by atoms with van der Waals surface area (Å²) in [5.41, 5.74) is 4.57. The molecule has 6 heteroatoms. The molecule has 2 aromatic carbocycles. The Labute approximate surface area is 139 Å². The molecule has 0 aliphatic heterocycles. The van der Waals surface area contributed by atoms with E-state index in [-0.39, 0.29) is 11.9 Å². The van der Waals surface area contributed by atoms with E-state index in [2.05, 4.69) is 37.3 Å². The van der Waals surface area contributed by atoms with Gasteiger partial charge in [0, 0.05) is 8.95 Å². The highest BCUT2D eigenvalue weighted by atomic mass is 79.9. The van der Waals surface area contributed by atoms with Crippen LogP contribution in [0, 0.1) is 5.82 Å². The van der Waals surface area contributed by atoms with Crippen molar-refractivity contribution >= 4 is 31.9 Å². The van der Waals surface area contributed by atoms with Crippen LogP contribution in [0.4, 0.5) is 4.39 Å². The molecule has 2 aromatic rings. The van der Waals surface area contributed by atoms with Gasteiger partial charge in [-0.1, -0.05) is 31.9 Å². The highest BCUT2D eigenvalue weighted by Crippen LogP contribution is 2.31. The van der Waals surface area contributed by atoms with Crippen molar-refractivity contribution in [2.45, 2.75) is 12.5 Å². The summed E-state index contributed by atoms with van der Waals surface area (Å²) in [6, 6.07) is 10.1. The van der Waals surface area contributed by atoms with E-state index < -0.39 is 0 Å². The molecule has 0 spiro atoms. The van der Waals surface area contributed by atoms with E-state index in [0.717, 1.165) is 25.8 Å². The fraction of sp³-hybridized carbons (Fsp3) is 0.200. The van der Waals surface area contributed by atoms with Gasteiger partial charge in [-0.25, -0.2) is 4.39 Å². The Kier molecular flexibility index (Phi) is 5.75. The van der Waals surface area contributed by atoms with Gasteiger partial charge in [-0.05, 0) is 53.9 Å². The number of ether oxygens (including phenoxy) is 1. The minimum absolute atomic E-state index is 0.174. The standard InChI is InChI=1S/C15H15Br2FN2O/c1-21-11-3-5-14(17)12(8-11)15(20-19)7-9-6-10(18)2-4-13(9)16/h2-6,8,15,20H,7,19H2,1H3. The molecule has 0 heterocycles. The van der Waals surface area contributed by atoms with Crippen LogP contribution in [-0.2, 0) is 6.42 Å². The summed E-state index contributed by atoms with van der Waals surface area (Å²) in [7, 11) is 1.61. The maximum absolute atomic E-state index is 13.4. The first kappa shape index (κ1) is 16.4. The highest BCUT2D eigenvalue weighted by molar-refractivity contribution is 9.10. The molecule has 0 amide bonds. The Balaban J connectivity index is 2.34. The maximum atomic E-state index is 13.4. The third kappa shape index (κ3) is 4.03. The molecule has 1 unspecified atom stereocenters.